The summed E-state index contributed by atoms with van der Waals surface area (Å²) in [5.74, 6) is -0.907. The molecule has 0 saturated heterocycles. The normalized spacial score (nSPS) is 12.1. The first-order chi connectivity index (χ1) is 15.1. The van der Waals surface area contributed by atoms with Crippen LogP contribution in [0.2, 0.25) is 5.02 Å². The summed E-state index contributed by atoms with van der Waals surface area (Å²) in [7, 11) is -4.14. The van der Waals surface area contributed by atoms with Crippen molar-refractivity contribution < 1.29 is 27.9 Å². The van der Waals surface area contributed by atoms with Gasteiger partial charge in [-0.15, -0.1) is 0 Å². The third kappa shape index (κ3) is 8.00. The van der Waals surface area contributed by atoms with Crippen LogP contribution in [0.3, 0.4) is 0 Å². The summed E-state index contributed by atoms with van der Waals surface area (Å²) < 4.78 is 33.7. The Balaban J connectivity index is 1.97. The molecule has 0 fully saturated rings. The Bertz CT molecular complexity index is 1060. The van der Waals surface area contributed by atoms with E-state index in [9.17, 15) is 18.3 Å². The van der Waals surface area contributed by atoms with E-state index in [0.717, 1.165) is 0 Å². The van der Waals surface area contributed by atoms with Gasteiger partial charge in [-0.05, 0) is 64.0 Å². The summed E-state index contributed by atoms with van der Waals surface area (Å²) in [6.07, 6.45) is 0.477. The van der Waals surface area contributed by atoms with Crippen molar-refractivity contribution in [3.05, 3.63) is 56.6 Å². The quantitative estimate of drug-likeness (QED) is 0.0948. The predicted octanol–water partition coefficient (Wildman–Crippen LogP) is 1.89. The minimum Gasteiger partial charge on any atom is -0.493 e. The van der Waals surface area contributed by atoms with Gasteiger partial charge in [-0.2, -0.15) is 4.72 Å². The molecule has 6 N–H and O–H groups in total. The summed E-state index contributed by atoms with van der Waals surface area (Å²) in [6.45, 7) is 0.633. The molecule has 2 rings (SSSR count). The van der Waals surface area contributed by atoms with Crippen molar-refractivity contribution in [1.29, 1.82) is 0 Å². The zero-order valence-corrected chi connectivity index (χ0v) is 20.4. The summed E-state index contributed by atoms with van der Waals surface area (Å²) in [6, 6.07) is 9.77. The van der Waals surface area contributed by atoms with Crippen molar-refractivity contribution in [1.82, 2.24) is 4.72 Å². The Labute approximate surface area is 204 Å². The fourth-order valence-corrected chi connectivity index (χ4v) is 4.91. The largest absolute Gasteiger partial charge is 0.493 e. The second-order valence-electron chi connectivity index (χ2n) is 6.46. The molecule has 0 spiro atoms. The smallest absolute Gasteiger partial charge is 0.322 e. The summed E-state index contributed by atoms with van der Waals surface area (Å²) in [4.78, 5) is 16.3. The van der Waals surface area contributed by atoms with Gasteiger partial charge in [0, 0.05) is 9.99 Å². The second-order valence-corrected chi connectivity index (χ2v) is 9.69. The maximum absolute atomic E-state index is 12.7. The van der Waals surface area contributed by atoms with E-state index in [4.69, 9.17) is 32.6 Å². The highest BCUT2D eigenvalue weighted by atomic mass is 127. The molecule has 0 aromatic heterocycles. The minimum absolute atomic E-state index is 0.0370. The Hall–Kier alpha value is -2.29. The highest BCUT2D eigenvalue weighted by molar-refractivity contribution is 14.1. The number of oxime groups is 1. The summed E-state index contributed by atoms with van der Waals surface area (Å²) >= 11 is 7.99. The number of carbonyl (C=O) groups is 1. The number of guanidine groups is 1. The molecule has 0 aliphatic carbocycles. The van der Waals surface area contributed by atoms with Crippen molar-refractivity contribution in [2.75, 3.05) is 13.2 Å². The Morgan fingerprint density at radius 3 is 2.50 bits per heavy atom. The van der Waals surface area contributed by atoms with Crippen molar-refractivity contribution in [2.45, 2.75) is 23.8 Å². The molecule has 13 heteroatoms. The number of nitrogens with one attached hydrogen (secondary N) is 1. The maximum atomic E-state index is 12.7. The van der Waals surface area contributed by atoms with E-state index >= 15 is 0 Å². The summed E-state index contributed by atoms with van der Waals surface area (Å²) in [5, 5.41) is 12.9. The van der Waals surface area contributed by atoms with Crippen molar-refractivity contribution in [3.63, 3.8) is 0 Å². The van der Waals surface area contributed by atoms with Crippen LogP contribution in [0.1, 0.15) is 12.0 Å². The highest BCUT2D eigenvalue weighted by Gasteiger charge is 2.27. The maximum Gasteiger partial charge on any atom is 0.322 e. The Morgan fingerprint density at radius 2 is 1.88 bits per heavy atom. The molecule has 0 amide bonds. The fourth-order valence-electron chi connectivity index (χ4n) is 2.51. The number of hydrogen-bond donors (Lipinski definition) is 4. The lowest BCUT2D eigenvalue weighted by atomic mass is 10.1. The molecule has 10 nitrogen and oxygen atoms in total. The number of rotatable bonds is 12. The number of nitrogens with two attached hydrogens (primary N) is 2. The molecular formula is C19H22ClIN4O6S. The number of carboxylic acid groups (broad SMARTS) is 1. The van der Waals surface area contributed by atoms with Crippen LogP contribution in [0.15, 0.2) is 52.5 Å². The molecule has 0 saturated carbocycles. The molecule has 0 unspecified atom stereocenters. The monoisotopic (exact) mass is 596 g/mol. The topological polar surface area (TPSA) is 166 Å². The summed E-state index contributed by atoms with van der Waals surface area (Å²) in [5.41, 5.74) is 10.9. The van der Waals surface area contributed by atoms with Gasteiger partial charge in [-0.3, -0.25) is 4.79 Å². The van der Waals surface area contributed by atoms with Gasteiger partial charge in [-0.25, -0.2) is 8.42 Å². The number of nitrogens with zero attached hydrogens (tertiary/aromatic N) is 1. The van der Waals surface area contributed by atoms with Crippen molar-refractivity contribution >= 4 is 56.1 Å². The molecule has 1 atom stereocenters. The van der Waals surface area contributed by atoms with Crippen molar-refractivity contribution in [2.24, 2.45) is 16.6 Å². The van der Waals surface area contributed by atoms with Crippen LogP contribution in [-0.4, -0.2) is 44.7 Å². The second kappa shape index (κ2) is 12.1. The van der Waals surface area contributed by atoms with E-state index < -0.39 is 22.0 Å². The number of sulfonamides is 1. The number of benzene rings is 2. The number of carboxylic acids is 1. The molecule has 0 aliphatic rings. The standard InChI is InChI=1S/C19H22ClIN4O6S/c20-17-14(21)3-1-4-16(17)32(28,29)25-15(18(26)27)11-12-5-7-13(8-6-12)30-9-2-10-31-24-19(22)23/h1,3-8,15,25H,2,9-11H2,(H,26,27)(H4,22,23,24)/t15-/m0/s1. The minimum atomic E-state index is -4.14. The number of halogens is 2. The first-order valence-corrected chi connectivity index (χ1v) is 12.2. The average Bonchev–Trinajstić information content (AvgIpc) is 2.72. The molecular weight excluding hydrogens is 575 g/mol. The molecule has 0 aliphatic heterocycles. The highest BCUT2D eigenvalue weighted by Crippen LogP contribution is 2.26. The number of ether oxygens (including phenoxy) is 1. The average molecular weight is 597 g/mol. The fraction of sp³-hybridized carbons (Fsp3) is 0.263. The van der Waals surface area contributed by atoms with E-state index in [-0.39, 0.29) is 28.9 Å². The lowest BCUT2D eigenvalue weighted by molar-refractivity contribution is -0.138. The third-order valence-electron chi connectivity index (χ3n) is 3.98. The first kappa shape index (κ1) is 26.0. The van der Waals surface area contributed by atoms with Crippen molar-refractivity contribution in [3.8, 4) is 5.75 Å². The van der Waals surface area contributed by atoms with E-state index in [0.29, 0.717) is 27.9 Å². The molecule has 0 bridgehead atoms. The van der Waals surface area contributed by atoms with E-state index in [2.05, 4.69) is 9.88 Å². The molecule has 2 aromatic carbocycles. The Morgan fingerprint density at radius 1 is 1.19 bits per heavy atom. The third-order valence-corrected chi connectivity index (χ3v) is 7.23. The number of aliphatic carboxylic acids is 1. The van der Waals surface area contributed by atoms with Gasteiger partial charge in [0.05, 0.1) is 11.6 Å². The molecule has 2 aromatic rings. The number of hydrogen-bond acceptors (Lipinski definition) is 6. The molecule has 0 heterocycles. The van der Waals surface area contributed by atoms with E-state index in [1.807, 2.05) is 22.6 Å². The lowest BCUT2D eigenvalue weighted by Gasteiger charge is -2.16. The molecule has 0 radical (unpaired) electrons. The van der Waals surface area contributed by atoms with Crippen LogP contribution in [0.25, 0.3) is 0 Å². The van der Waals surface area contributed by atoms with Crippen LogP contribution < -0.4 is 20.9 Å². The first-order valence-electron chi connectivity index (χ1n) is 9.22. The van der Waals surface area contributed by atoms with Crippen LogP contribution >= 0.6 is 34.2 Å². The predicted molar refractivity (Wildman–Crippen MR) is 128 cm³/mol. The van der Waals surface area contributed by atoms with E-state index in [1.165, 1.54) is 12.1 Å². The molecule has 32 heavy (non-hydrogen) atoms. The van der Waals surface area contributed by atoms with Gasteiger partial charge in [-0.1, -0.05) is 29.8 Å². The lowest BCUT2D eigenvalue weighted by Crippen LogP contribution is -2.42. The van der Waals surface area contributed by atoms with Crippen LogP contribution in [0, 0.1) is 3.57 Å². The van der Waals surface area contributed by atoms with Gasteiger partial charge < -0.3 is 26.1 Å². The van der Waals surface area contributed by atoms with Gasteiger partial charge in [0.2, 0.25) is 16.0 Å². The van der Waals surface area contributed by atoms with Gasteiger partial charge >= 0.3 is 5.97 Å². The zero-order chi connectivity index (χ0) is 23.7. The van der Waals surface area contributed by atoms with Crippen LogP contribution in [0.4, 0.5) is 0 Å². The SMILES string of the molecule is NC(N)=NOCCCOc1ccc(C[C@H](NS(=O)(=O)c2cccc(I)c2Cl)C(=O)O)cc1. The Kier molecular flexibility index (Phi) is 9.81. The zero-order valence-electron chi connectivity index (χ0n) is 16.7. The van der Waals surface area contributed by atoms with E-state index in [1.54, 1.807) is 30.3 Å². The van der Waals surface area contributed by atoms with Crippen LogP contribution in [0.5, 0.6) is 5.75 Å². The van der Waals surface area contributed by atoms with Crippen LogP contribution in [-0.2, 0) is 26.1 Å². The van der Waals surface area contributed by atoms with Gasteiger partial charge in [0.1, 0.15) is 23.3 Å². The molecule has 174 valence electrons. The van der Waals surface area contributed by atoms with Gasteiger partial charge in [0.15, 0.2) is 0 Å². The van der Waals surface area contributed by atoms with Gasteiger partial charge in [0.25, 0.3) is 0 Å².